The quantitative estimate of drug-likeness (QED) is 0.196. The highest BCUT2D eigenvalue weighted by atomic mass is 32.2. The Bertz CT molecular complexity index is 1870. The maximum absolute atomic E-state index is 13.2. The molecule has 0 amide bonds. The van der Waals surface area contributed by atoms with Crippen molar-refractivity contribution in [3.05, 3.63) is 107 Å². The van der Waals surface area contributed by atoms with Crippen LogP contribution in [0, 0.1) is 0 Å². The van der Waals surface area contributed by atoms with Gasteiger partial charge in [-0.15, -0.1) is 0 Å². The lowest BCUT2D eigenvalue weighted by Crippen LogP contribution is -2.15. The molecule has 0 aliphatic rings. The van der Waals surface area contributed by atoms with Gasteiger partial charge in [0.1, 0.15) is 11.5 Å². The van der Waals surface area contributed by atoms with Gasteiger partial charge >= 0.3 is 23.9 Å². The van der Waals surface area contributed by atoms with E-state index in [9.17, 15) is 56.4 Å². The van der Waals surface area contributed by atoms with Crippen LogP contribution in [-0.4, -0.2) is 61.1 Å². The lowest BCUT2D eigenvalue weighted by atomic mass is 10.1. The van der Waals surface area contributed by atoms with Crippen LogP contribution in [0.3, 0.4) is 0 Å². The molecule has 0 aliphatic carbocycles. The highest BCUT2D eigenvalue weighted by Gasteiger charge is 2.30. The maximum atomic E-state index is 13.2. The summed E-state index contributed by atoms with van der Waals surface area (Å²) in [5.41, 5.74) is -3.19. The molecule has 13 nitrogen and oxygen atoms in total. The van der Waals surface area contributed by atoms with Gasteiger partial charge in [-0.2, -0.15) is 0 Å². The number of ether oxygens (including phenoxy) is 1. The molecule has 4 aromatic carbocycles. The summed E-state index contributed by atoms with van der Waals surface area (Å²) in [5, 5.41) is 37.5. The molecule has 0 radical (unpaired) electrons. The van der Waals surface area contributed by atoms with Crippen molar-refractivity contribution in [2.45, 2.75) is 19.6 Å². The monoisotopic (exact) mass is 626 g/mol. The molecule has 15 heteroatoms. The number of hydrogen-bond donors (Lipinski definition) is 4. The van der Waals surface area contributed by atoms with Crippen molar-refractivity contribution in [2.75, 3.05) is 0 Å². The molecule has 0 saturated carbocycles. The first-order valence-corrected chi connectivity index (χ1v) is 14.7. The predicted octanol–water partition coefficient (Wildman–Crippen LogP) is 3.94. The minimum Gasteiger partial charge on any atom is -0.478 e. The van der Waals surface area contributed by atoms with Gasteiger partial charge in [-0.25, -0.2) is 36.0 Å². The number of aromatic carboxylic acids is 4. The number of benzene rings is 4. The second-order valence-electron chi connectivity index (χ2n) is 8.63. The van der Waals surface area contributed by atoms with Crippen LogP contribution < -0.4 is 4.74 Å². The number of sulfone groups is 2. The fourth-order valence-corrected chi connectivity index (χ4v) is 7.02. The Kier molecular flexibility index (Phi) is 8.05. The van der Waals surface area contributed by atoms with Gasteiger partial charge in [0, 0.05) is 0 Å². The van der Waals surface area contributed by atoms with Gasteiger partial charge in [-0.05, 0) is 72.8 Å². The zero-order valence-electron chi connectivity index (χ0n) is 21.4. The van der Waals surface area contributed by atoms with E-state index in [-0.39, 0.29) is 21.3 Å². The molecule has 0 fully saturated rings. The van der Waals surface area contributed by atoms with Crippen molar-refractivity contribution in [3.63, 3.8) is 0 Å². The van der Waals surface area contributed by atoms with E-state index < -0.39 is 75.6 Å². The van der Waals surface area contributed by atoms with E-state index in [4.69, 9.17) is 4.74 Å². The number of hydrogen-bond acceptors (Lipinski definition) is 9. The zero-order valence-corrected chi connectivity index (χ0v) is 23.0. The van der Waals surface area contributed by atoms with Crippen molar-refractivity contribution >= 4 is 43.6 Å². The minimum atomic E-state index is -4.47. The van der Waals surface area contributed by atoms with E-state index >= 15 is 0 Å². The Morgan fingerprint density at radius 3 is 1.07 bits per heavy atom. The van der Waals surface area contributed by atoms with Gasteiger partial charge in [0.2, 0.25) is 19.7 Å². The van der Waals surface area contributed by atoms with Crippen LogP contribution >= 0.6 is 0 Å². The van der Waals surface area contributed by atoms with Crippen molar-refractivity contribution in [2.24, 2.45) is 0 Å². The Balaban J connectivity index is 1.61. The Hall–Kier alpha value is -5.54. The van der Waals surface area contributed by atoms with Crippen LogP contribution in [0.15, 0.2) is 105 Å². The molecule has 4 N–H and O–H groups in total. The van der Waals surface area contributed by atoms with Crippen molar-refractivity contribution in [3.8, 4) is 11.5 Å². The standard InChI is InChI=1S/C28H18O13S2/c29-25(30)19-3-1-5-21(23(19)27(33)34)42(37,38)17-11-7-15(8-12-17)41-16-9-13-18(14-10-16)43(39,40)22-6-2-4-20(26(31)32)24(22)28(35)36/h1-14H,(H,29,30)(H,31,32)(H,33,34)(H,35,36). The number of rotatable bonds is 10. The molecule has 0 unspecified atom stereocenters. The van der Waals surface area contributed by atoms with E-state index in [0.29, 0.717) is 0 Å². The summed E-state index contributed by atoms with van der Waals surface area (Å²) in [6.45, 7) is 0. The molecular weight excluding hydrogens is 608 g/mol. The minimum absolute atomic E-state index is 0.0922. The van der Waals surface area contributed by atoms with Crippen LogP contribution in [0.2, 0.25) is 0 Å². The second kappa shape index (κ2) is 11.4. The van der Waals surface area contributed by atoms with E-state index in [1.54, 1.807) is 0 Å². The van der Waals surface area contributed by atoms with Crippen molar-refractivity contribution in [1.82, 2.24) is 0 Å². The first-order valence-electron chi connectivity index (χ1n) is 11.7. The summed E-state index contributed by atoms with van der Waals surface area (Å²) in [6.07, 6.45) is 0. The number of carboxylic acids is 4. The molecule has 220 valence electrons. The van der Waals surface area contributed by atoms with E-state index in [2.05, 4.69) is 0 Å². The Morgan fingerprint density at radius 2 is 0.791 bits per heavy atom. The van der Waals surface area contributed by atoms with Crippen molar-refractivity contribution in [1.29, 1.82) is 0 Å². The van der Waals surface area contributed by atoms with Crippen LogP contribution in [0.1, 0.15) is 41.4 Å². The summed E-state index contributed by atoms with van der Waals surface area (Å²) in [7, 11) is -8.94. The SMILES string of the molecule is O=C(O)c1cccc(S(=O)(=O)c2ccc(Oc3ccc(S(=O)(=O)c4cccc(C(=O)O)c4C(=O)O)cc3)cc2)c1C(=O)O. The molecule has 43 heavy (non-hydrogen) atoms. The van der Waals surface area contributed by atoms with Crippen molar-refractivity contribution < 1.29 is 61.2 Å². The van der Waals surface area contributed by atoms with Gasteiger partial charge in [-0.1, -0.05) is 12.1 Å². The lowest BCUT2D eigenvalue weighted by molar-refractivity contribution is 0.0648. The maximum Gasteiger partial charge on any atom is 0.337 e. The Labute approximate surface area is 242 Å². The fourth-order valence-electron chi connectivity index (χ4n) is 4.07. The molecular formula is C28H18O13S2. The zero-order chi connectivity index (χ0) is 31.7. The first-order chi connectivity index (χ1) is 20.2. The molecule has 0 spiro atoms. The molecule has 0 aliphatic heterocycles. The predicted molar refractivity (Wildman–Crippen MR) is 145 cm³/mol. The highest BCUT2D eigenvalue weighted by Crippen LogP contribution is 2.31. The molecule has 0 saturated heterocycles. The van der Waals surface area contributed by atoms with Crippen LogP contribution in [-0.2, 0) is 19.7 Å². The fraction of sp³-hybridized carbons (Fsp3) is 0. The molecule has 0 aromatic heterocycles. The van der Waals surface area contributed by atoms with Gasteiger partial charge in [-0.3, -0.25) is 0 Å². The van der Waals surface area contributed by atoms with Crippen LogP contribution in [0.4, 0.5) is 0 Å². The molecule has 4 aromatic rings. The molecule has 0 heterocycles. The van der Waals surface area contributed by atoms with Gasteiger partial charge in [0.05, 0.1) is 41.8 Å². The Morgan fingerprint density at radius 1 is 0.465 bits per heavy atom. The third kappa shape index (κ3) is 5.79. The smallest absolute Gasteiger partial charge is 0.337 e. The van der Waals surface area contributed by atoms with Gasteiger partial charge in [0.25, 0.3) is 0 Å². The molecule has 4 rings (SSSR count). The van der Waals surface area contributed by atoms with Crippen LogP contribution in [0.25, 0.3) is 0 Å². The molecule has 0 atom stereocenters. The number of carboxylic acid groups (broad SMARTS) is 4. The first kappa shape index (κ1) is 30.4. The van der Waals surface area contributed by atoms with E-state index in [1.807, 2.05) is 0 Å². The third-order valence-corrected chi connectivity index (χ3v) is 9.65. The lowest BCUT2D eigenvalue weighted by Gasteiger charge is -2.12. The summed E-state index contributed by atoms with van der Waals surface area (Å²) >= 11 is 0. The van der Waals surface area contributed by atoms with E-state index in [1.165, 1.54) is 24.3 Å². The third-order valence-electron chi connectivity index (χ3n) is 6.02. The van der Waals surface area contributed by atoms with Gasteiger partial charge in [0.15, 0.2) is 0 Å². The normalized spacial score (nSPS) is 11.4. The topological polar surface area (TPSA) is 227 Å². The van der Waals surface area contributed by atoms with Gasteiger partial charge < -0.3 is 25.2 Å². The molecule has 0 bridgehead atoms. The highest BCUT2D eigenvalue weighted by molar-refractivity contribution is 7.92. The largest absolute Gasteiger partial charge is 0.478 e. The summed E-state index contributed by atoms with van der Waals surface area (Å²) in [5.74, 6) is -6.53. The number of carbonyl (C=O) groups is 4. The van der Waals surface area contributed by atoms with E-state index in [0.717, 1.165) is 60.7 Å². The second-order valence-corrected chi connectivity index (χ2v) is 12.5. The summed E-state index contributed by atoms with van der Waals surface area (Å²) < 4.78 is 58.2. The summed E-state index contributed by atoms with van der Waals surface area (Å²) in [6, 6.07) is 15.4. The van der Waals surface area contributed by atoms with Crippen LogP contribution in [0.5, 0.6) is 11.5 Å². The average Bonchev–Trinajstić information content (AvgIpc) is 2.96. The average molecular weight is 627 g/mol. The summed E-state index contributed by atoms with van der Waals surface area (Å²) in [4.78, 5) is 44.1.